The summed E-state index contributed by atoms with van der Waals surface area (Å²) < 4.78 is 25.6. The largest absolute Gasteiger partial charge is 0.497 e. The van der Waals surface area contributed by atoms with E-state index in [1.807, 2.05) is 13.0 Å². The molecule has 0 amide bonds. The van der Waals surface area contributed by atoms with E-state index in [0.29, 0.717) is 12.1 Å². The molecule has 1 aliphatic rings. The normalized spacial score (nSPS) is 16.5. The molecule has 0 bridgehead atoms. The quantitative estimate of drug-likeness (QED) is 0.734. The van der Waals surface area contributed by atoms with Gasteiger partial charge >= 0.3 is 7.12 Å². The monoisotopic (exact) mass is 264 g/mol. The molecule has 0 aliphatic heterocycles. The Morgan fingerprint density at radius 3 is 2.63 bits per heavy atom. The van der Waals surface area contributed by atoms with Crippen LogP contribution in [-0.2, 0) is 9.31 Å². The SMILES string of the molecule is CCCOB(OC1CCCCC1)c1ccccc1F. The smallest absolute Gasteiger partial charge is 0.407 e. The Bertz CT molecular complexity index is 380. The van der Waals surface area contributed by atoms with Gasteiger partial charge < -0.3 is 9.31 Å². The van der Waals surface area contributed by atoms with E-state index in [0.717, 1.165) is 19.3 Å². The second-order valence-corrected chi connectivity index (χ2v) is 5.12. The molecule has 2 rings (SSSR count). The second-order valence-electron chi connectivity index (χ2n) is 5.12. The van der Waals surface area contributed by atoms with Crippen LogP contribution >= 0.6 is 0 Å². The molecule has 0 radical (unpaired) electrons. The molecule has 1 aromatic rings. The minimum Gasteiger partial charge on any atom is -0.407 e. The van der Waals surface area contributed by atoms with E-state index in [9.17, 15) is 4.39 Å². The number of benzene rings is 1. The van der Waals surface area contributed by atoms with Crippen molar-refractivity contribution in [3.05, 3.63) is 30.1 Å². The first-order valence-corrected chi connectivity index (χ1v) is 7.32. The van der Waals surface area contributed by atoms with Crippen LogP contribution in [0.2, 0.25) is 0 Å². The molecule has 0 saturated heterocycles. The number of rotatable bonds is 6. The fraction of sp³-hybridized carbons (Fsp3) is 0.600. The fourth-order valence-corrected chi connectivity index (χ4v) is 2.47. The van der Waals surface area contributed by atoms with Gasteiger partial charge in [-0.15, -0.1) is 0 Å². The molecule has 1 fully saturated rings. The molecule has 0 unspecified atom stereocenters. The van der Waals surface area contributed by atoms with Gasteiger partial charge in [0.25, 0.3) is 0 Å². The van der Waals surface area contributed by atoms with Gasteiger partial charge in [-0.2, -0.15) is 0 Å². The second kappa shape index (κ2) is 7.66. The topological polar surface area (TPSA) is 18.5 Å². The lowest BCUT2D eigenvalue weighted by molar-refractivity contribution is 0.112. The summed E-state index contributed by atoms with van der Waals surface area (Å²) >= 11 is 0. The summed E-state index contributed by atoms with van der Waals surface area (Å²) in [5.74, 6) is -0.251. The van der Waals surface area contributed by atoms with E-state index >= 15 is 0 Å². The molecule has 0 atom stereocenters. The van der Waals surface area contributed by atoms with E-state index < -0.39 is 7.12 Å². The predicted octanol–water partition coefficient (Wildman–Crippen LogP) is 3.30. The van der Waals surface area contributed by atoms with Gasteiger partial charge in [0.05, 0.1) is 0 Å². The van der Waals surface area contributed by atoms with E-state index in [4.69, 9.17) is 9.31 Å². The zero-order valence-corrected chi connectivity index (χ0v) is 11.6. The Hall–Kier alpha value is -0.865. The van der Waals surface area contributed by atoms with Crippen LogP contribution in [0.1, 0.15) is 45.4 Å². The first-order valence-electron chi connectivity index (χ1n) is 7.32. The molecule has 1 aliphatic carbocycles. The Kier molecular flexibility index (Phi) is 5.86. The van der Waals surface area contributed by atoms with Gasteiger partial charge in [0.15, 0.2) is 0 Å². The van der Waals surface area contributed by atoms with Crippen molar-refractivity contribution < 1.29 is 13.7 Å². The zero-order valence-electron chi connectivity index (χ0n) is 11.6. The van der Waals surface area contributed by atoms with Crippen LogP contribution in [0.15, 0.2) is 24.3 Å². The lowest BCUT2D eigenvalue weighted by Crippen LogP contribution is -2.42. The molecule has 0 spiro atoms. The molecule has 104 valence electrons. The van der Waals surface area contributed by atoms with Gasteiger partial charge in [0.2, 0.25) is 0 Å². The van der Waals surface area contributed by atoms with Crippen molar-refractivity contribution in [1.82, 2.24) is 0 Å². The molecular formula is C15H22BFO2. The van der Waals surface area contributed by atoms with E-state index in [1.54, 1.807) is 12.1 Å². The highest BCUT2D eigenvalue weighted by Gasteiger charge is 2.28. The van der Waals surface area contributed by atoms with Crippen molar-refractivity contribution in [2.24, 2.45) is 0 Å². The average molecular weight is 264 g/mol. The van der Waals surface area contributed by atoms with Crippen LogP contribution < -0.4 is 5.46 Å². The summed E-state index contributed by atoms with van der Waals surface area (Å²) in [6, 6.07) is 6.72. The first kappa shape index (κ1) is 14.5. The number of halogens is 1. The van der Waals surface area contributed by atoms with Crippen LogP contribution in [0.25, 0.3) is 0 Å². The highest BCUT2D eigenvalue weighted by Crippen LogP contribution is 2.21. The standard InChI is InChI=1S/C15H22BFO2/c1-2-12-18-16(14-10-6-7-11-15(14)17)19-13-8-4-3-5-9-13/h6-7,10-11,13H,2-5,8-9,12H2,1H3. The molecule has 1 aromatic carbocycles. The van der Waals surface area contributed by atoms with Crippen molar-refractivity contribution >= 4 is 12.6 Å². The van der Waals surface area contributed by atoms with Gasteiger partial charge in [-0.3, -0.25) is 0 Å². The summed E-state index contributed by atoms with van der Waals surface area (Å²) in [6.45, 7) is 2.63. The van der Waals surface area contributed by atoms with E-state index in [2.05, 4.69) is 0 Å². The van der Waals surface area contributed by atoms with Gasteiger partial charge in [-0.05, 0) is 25.3 Å². The lowest BCUT2D eigenvalue weighted by atomic mass is 9.77. The average Bonchev–Trinajstić information content (AvgIpc) is 2.45. The maximum absolute atomic E-state index is 13.9. The predicted molar refractivity (Wildman–Crippen MR) is 76.0 cm³/mol. The Morgan fingerprint density at radius 2 is 1.95 bits per heavy atom. The van der Waals surface area contributed by atoms with Crippen LogP contribution in [0.3, 0.4) is 0 Å². The summed E-state index contributed by atoms with van der Waals surface area (Å²) in [5.41, 5.74) is 0.515. The van der Waals surface area contributed by atoms with Gasteiger partial charge in [-0.1, -0.05) is 44.4 Å². The van der Waals surface area contributed by atoms with E-state index in [-0.39, 0.29) is 11.9 Å². The Balaban J connectivity index is 2.04. The molecule has 1 saturated carbocycles. The molecule has 0 aromatic heterocycles. The third-order valence-corrected chi connectivity index (χ3v) is 3.50. The third kappa shape index (κ3) is 4.32. The van der Waals surface area contributed by atoms with Crippen LogP contribution in [-0.4, -0.2) is 19.8 Å². The summed E-state index contributed by atoms with van der Waals surface area (Å²) in [5, 5.41) is 0. The molecule has 0 heterocycles. The molecule has 0 N–H and O–H groups in total. The number of hydrogen-bond acceptors (Lipinski definition) is 2. The highest BCUT2D eigenvalue weighted by molar-refractivity contribution is 6.61. The summed E-state index contributed by atoms with van der Waals surface area (Å²) in [7, 11) is -0.566. The maximum Gasteiger partial charge on any atom is 0.497 e. The van der Waals surface area contributed by atoms with Gasteiger partial charge in [-0.25, -0.2) is 4.39 Å². The third-order valence-electron chi connectivity index (χ3n) is 3.50. The first-order chi connectivity index (χ1) is 9.31. The maximum atomic E-state index is 13.9. The minimum absolute atomic E-state index is 0.204. The summed E-state index contributed by atoms with van der Waals surface area (Å²) in [6.07, 6.45) is 6.89. The van der Waals surface area contributed by atoms with E-state index in [1.165, 1.54) is 25.3 Å². The van der Waals surface area contributed by atoms with Crippen molar-refractivity contribution in [1.29, 1.82) is 0 Å². The van der Waals surface area contributed by atoms with Crippen molar-refractivity contribution in [3.8, 4) is 0 Å². The van der Waals surface area contributed by atoms with Crippen LogP contribution in [0, 0.1) is 5.82 Å². The van der Waals surface area contributed by atoms with Gasteiger partial charge in [0.1, 0.15) is 5.82 Å². The van der Waals surface area contributed by atoms with Crippen molar-refractivity contribution in [2.75, 3.05) is 6.61 Å². The Labute approximate surface area is 115 Å². The molecule has 2 nitrogen and oxygen atoms in total. The zero-order chi connectivity index (χ0) is 13.5. The lowest BCUT2D eigenvalue weighted by Gasteiger charge is -2.26. The highest BCUT2D eigenvalue weighted by atomic mass is 19.1. The summed E-state index contributed by atoms with van der Waals surface area (Å²) in [4.78, 5) is 0. The molecular weight excluding hydrogens is 242 g/mol. The molecule has 19 heavy (non-hydrogen) atoms. The van der Waals surface area contributed by atoms with Gasteiger partial charge in [0, 0.05) is 18.2 Å². The van der Waals surface area contributed by atoms with Crippen molar-refractivity contribution in [2.45, 2.75) is 51.6 Å². The van der Waals surface area contributed by atoms with Crippen molar-refractivity contribution in [3.63, 3.8) is 0 Å². The number of hydrogen-bond donors (Lipinski definition) is 0. The fourth-order valence-electron chi connectivity index (χ4n) is 2.47. The van der Waals surface area contributed by atoms with Crippen LogP contribution in [0.5, 0.6) is 0 Å². The minimum atomic E-state index is -0.566. The molecule has 4 heteroatoms. The van der Waals surface area contributed by atoms with Crippen LogP contribution in [0.4, 0.5) is 4.39 Å². The Morgan fingerprint density at radius 1 is 1.21 bits per heavy atom.